The quantitative estimate of drug-likeness (QED) is 0.859. The van der Waals surface area contributed by atoms with Gasteiger partial charge in [0.25, 0.3) is 5.56 Å². The van der Waals surface area contributed by atoms with Crippen LogP contribution in [-0.4, -0.2) is 41.3 Å². The molecule has 1 aromatic carbocycles. The lowest BCUT2D eigenvalue weighted by molar-refractivity contribution is -0.133. The smallest absolute Gasteiger partial charge is 0.251 e. The van der Waals surface area contributed by atoms with Gasteiger partial charge in [0.2, 0.25) is 11.8 Å². The number of benzene rings is 1. The number of piperidine rings is 1. The lowest BCUT2D eigenvalue weighted by Gasteiger charge is -2.26. The number of hydrogen-bond acceptors (Lipinski definition) is 3. The highest BCUT2D eigenvalue weighted by atomic mass is 16.2. The first-order valence-corrected chi connectivity index (χ1v) is 9.20. The number of nitrogens with zero attached hydrogens (tertiary/aromatic N) is 1. The maximum absolute atomic E-state index is 12.2. The minimum atomic E-state index is -0.209. The van der Waals surface area contributed by atoms with Gasteiger partial charge in [-0.3, -0.25) is 14.4 Å². The summed E-state index contributed by atoms with van der Waals surface area (Å²) in [5, 5.41) is 3.62. The SMILES string of the molecule is Cc1ccc2cc(CCC(=O)NCC(=O)N3CCCCC3)c(=O)[nH]c2c1. The molecule has 6 heteroatoms. The number of rotatable bonds is 5. The van der Waals surface area contributed by atoms with Gasteiger partial charge in [0.1, 0.15) is 0 Å². The second kappa shape index (κ2) is 8.17. The van der Waals surface area contributed by atoms with Crippen molar-refractivity contribution in [1.29, 1.82) is 0 Å². The first-order valence-electron chi connectivity index (χ1n) is 9.20. The molecule has 6 nitrogen and oxygen atoms in total. The summed E-state index contributed by atoms with van der Waals surface area (Å²) in [4.78, 5) is 40.9. The highest BCUT2D eigenvalue weighted by Gasteiger charge is 2.17. The lowest BCUT2D eigenvalue weighted by atomic mass is 10.1. The molecule has 0 aliphatic carbocycles. The van der Waals surface area contributed by atoms with E-state index in [1.165, 1.54) is 0 Å². The van der Waals surface area contributed by atoms with E-state index in [1.807, 2.05) is 31.2 Å². The lowest BCUT2D eigenvalue weighted by Crippen LogP contribution is -2.42. The van der Waals surface area contributed by atoms with Gasteiger partial charge in [0.15, 0.2) is 0 Å². The Kier molecular flexibility index (Phi) is 5.71. The molecule has 0 saturated carbocycles. The molecular weight excluding hydrogens is 330 g/mol. The number of fused-ring (bicyclic) bond motifs is 1. The van der Waals surface area contributed by atoms with Gasteiger partial charge in [-0.2, -0.15) is 0 Å². The van der Waals surface area contributed by atoms with E-state index in [0.717, 1.165) is 48.8 Å². The number of carbonyl (C=O) groups excluding carboxylic acids is 2. The third-order valence-electron chi connectivity index (χ3n) is 4.85. The largest absolute Gasteiger partial charge is 0.347 e. The third-order valence-corrected chi connectivity index (χ3v) is 4.85. The fourth-order valence-corrected chi connectivity index (χ4v) is 3.31. The van der Waals surface area contributed by atoms with Crippen LogP contribution in [0.15, 0.2) is 29.1 Å². The average Bonchev–Trinajstić information content (AvgIpc) is 2.65. The van der Waals surface area contributed by atoms with Crippen LogP contribution < -0.4 is 10.9 Å². The number of aryl methyl sites for hydroxylation is 2. The summed E-state index contributed by atoms with van der Waals surface area (Å²) in [7, 11) is 0. The normalized spacial score (nSPS) is 14.4. The van der Waals surface area contributed by atoms with E-state index in [9.17, 15) is 14.4 Å². The Hall–Kier alpha value is -2.63. The van der Waals surface area contributed by atoms with Crippen molar-refractivity contribution >= 4 is 22.7 Å². The number of aromatic amines is 1. The molecule has 26 heavy (non-hydrogen) atoms. The molecule has 138 valence electrons. The Balaban J connectivity index is 1.53. The molecule has 0 atom stereocenters. The summed E-state index contributed by atoms with van der Waals surface area (Å²) in [6.07, 6.45) is 3.76. The van der Waals surface area contributed by atoms with Gasteiger partial charge in [0, 0.05) is 30.6 Å². The Morgan fingerprint density at radius 2 is 1.92 bits per heavy atom. The summed E-state index contributed by atoms with van der Waals surface area (Å²) >= 11 is 0. The van der Waals surface area contributed by atoms with E-state index >= 15 is 0 Å². The summed E-state index contributed by atoms with van der Waals surface area (Å²) in [6.45, 7) is 3.56. The van der Waals surface area contributed by atoms with Gasteiger partial charge in [-0.15, -0.1) is 0 Å². The predicted molar refractivity (Wildman–Crippen MR) is 101 cm³/mol. The molecule has 2 heterocycles. The zero-order valence-corrected chi connectivity index (χ0v) is 15.1. The predicted octanol–water partition coefficient (Wildman–Crippen LogP) is 1.90. The van der Waals surface area contributed by atoms with Crippen LogP contribution >= 0.6 is 0 Å². The molecule has 3 rings (SSSR count). The average molecular weight is 355 g/mol. The summed E-state index contributed by atoms with van der Waals surface area (Å²) < 4.78 is 0. The molecular formula is C20H25N3O3. The number of likely N-dealkylation sites (tertiary alicyclic amines) is 1. The second-order valence-corrected chi connectivity index (χ2v) is 6.93. The van der Waals surface area contributed by atoms with Crippen molar-refractivity contribution in [3.05, 3.63) is 45.7 Å². The molecule has 0 bridgehead atoms. The van der Waals surface area contributed by atoms with Crippen LogP contribution in [0.5, 0.6) is 0 Å². The molecule has 1 aromatic heterocycles. The van der Waals surface area contributed by atoms with E-state index in [2.05, 4.69) is 10.3 Å². The summed E-state index contributed by atoms with van der Waals surface area (Å²) in [5.41, 5.74) is 2.30. The van der Waals surface area contributed by atoms with Crippen molar-refractivity contribution in [1.82, 2.24) is 15.2 Å². The fourth-order valence-electron chi connectivity index (χ4n) is 3.31. The number of nitrogens with one attached hydrogen (secondary N) is 2. The van der Waals surface area contributed by atoms with Gasteiger partial charge < -0.3 is 15.2 Å². The van der Waals surface area contributed by atoms with Crippen molar-refractivity contribution in [2.45, 2.75) is 39.0 Å². The van der Waals surface area contributed by atoms with Crippen LogP contribution in [0.2, 0.25) is 0 Å². The van der Waals surface area contributed by atoms with Gasteiger partial charge in [0.05, 0.1) is 6.54 Å². The van der Waals surface area contributed by atoms with Crippen LogP contribution in [0, 0.1) is 6.92 Å². The van der Waals surface area contributed by atoms with Gasteiger partial charge >= 0.3 is 0 Å². The minimum absolute atomic E-state index is 0.0306. The number of aromatic nitrogens is 1. The van der Waals surface area contributed by atoms with Gasteiger partial charge in [-0.1, -0.05) is 12.1 Å². The van der Waals surface area contributed by atoms with Crippen molar-refractivity contribution < 1.29 is 9.59 Å². The van der Waals surface area contributed by atoms with Gasteiger partial charge in [-0.05, 0) is 55.7 Å². The third kappa shape index (κ3) is 4.50. The van der Waals surface area contributed by atoms with Crippen LogP contribution in [0.3, 0.4) is 0 Å². The molecule has 0 radical (unpaired) electrons. The number of hydrogen-bond donors (Lipinski definition) is 2. The zero-order valence-electron chi connectivity index (χ0n) is 15.1. The molecule has 0 unspecified atom stereocenters. The van der Waals surface area contributed by atoms with E-state index in [4.69, 9.17) is 0 Å². The number of H-pyrrole nitrogens is 1. The molecule has 2 aromatic rings. The topological polar surface area (TPSA) is 82.3 Å². The van der Waals surface area contributed by atoms with Crippen LogP contribution in [0.4, 0.5) is 0 Å². The molecule has 2 N–H and O–H groups in total. The molecule has 2 amide bonds. The molecule has 1 saturated heterocycles. The van der Waals surface area contributed by atoms with E-state index in [1.54, 1.807) is 4.90 Å². The maximum atomic E-state index is 12.2. The second-order valence-electron chi connectivity index (χ2n) is 6.93. The number of pyridine rings is 1. The van der Waals surface area contributed by atoms with Crippen molar-refractivity contribution in [2.75, 3.05) is 19.6 Å². The zero-order chi connectivity index (χ0) is 18.5. The van der Waals surface area contributed by atoms with E-state index < -0.39 is 0 Å². The molecule has 1 aliphatic rings. The summed E-state index contributed by atoms with van der Waals surface area (Å²) in [6, 6.07) is 7.71. The molecule has 1 fully saturated rings. The van der Waals surface area contributed by atoms with Crippen LogP contribution in [0.25, 0.3) is 10.9 Å². The first-order chi connectivity index (χ1) is 12.5. The highest BCUT2D eigenvalue weighted by molar-refractivity contribution is 5.85. The van der Waals surface area contributed by atoms with Crippen LogP contribution in [-0.2, 0) is 16.0 Å². The number of amides is 2. The highest BCUT2D eigenvalue weighted by Crippen LogP contribution is 2.13. The molecule has 0 spiro atoms. The Bertz CT molecular complexity index is 866. The van der Waals surface area contributed by atoms with Crippen LogP contribution in [0.1, 0.15) is 36.8 Å². The minimum Gasteiger partial charge on any atom is -0.347 e. The van der Waals surface area contributed by atoms with E-state index in [-0.39, 0.29) is 30.3 Å². The van der Waals surface area contributed by atoms with Crippen molar-refractivity contribution in [3.8, 4) is 0 Å². The first kappa shape index (κ1) is 18.2. The molecule has 1 aliphatic heterocycles. The Morgan fingerprint density at radius 1 is 1.15 bits per heavy atom. The monoisotopic (exact) mass is 355 g/mol. The van der Waals surface area contributed by atoms with E-state index in [0.29, 0.717) is 12.0 Å². The fraction of sp³-hybridized carbons (Fsp3) is 0.450. The Labute approximate surface area is 152 Å². The number of carbonyl (C=O) groups is 2. The standard InChI is InChI=1S/C20H25N3O3/c1-14-5-6-15-12-16(20(26)22-17(15)11-14)7-8-18(24)21-13-19(25)23-9-3-2-4-10-23/h5-6,11-12H,2-4,7-10,13H2,1H3,(H,21,24)(H,22,26). The van der Waals surface area contributed by atoms with Crippen molar-refractivity contribution in [2.24, 2.45) is 0 Å². The van der Waals surface area contributed by atoms with Gasteiger partial charge in [-0.25, -0.2) is 0 Å². The van der Waals surface area contributed by atoms with Crippen molar-refractivity contribution in [3.63, 3.8) is 0 Å². The maximum Gasteiger partial charge on any atom is 0.251 e. The summed E-state index contributed by atoms with van der Waals surface area (Å²) in [5.74, 6) is -0.240. The Morgan fingerprint density at radius 3 is 2.69 bits per heavy atom.